The van der Waals surface area contributed by atoms with Gasteiger partial charge in [0, 0.05) is 12.3 Å². The Balaban J connectivity index is 2.35. The second-order valence-electron chi connectivity index (χ2n) is 6.01. The lowest BCUT2D eigenvalue weighted by Gasteiger charge is -2.27. The maximum atomic E-state index is 12.0. The number of rotatable bonds is 5. The predicted molar refractivity (Wildman–Crippen MR) is 85.7 cm³/mol. The number of nitrogens with one attached hydrogen (secondary N) is 1. The summed E-state index contributed by atoms with van der Waals surface area (Å²) in [6.07, 6.45) is -1.80. The molecule has 0 amide bonds. The van der Waals surface area contributed by atoms with Crippen LogP contribution in [0.5, 0.6) is 0 Å². The minimum atomic E-state index is -2.06. The Morgan fingerprint density at radius 2 is 2.28 bits per heavy atom. The zero-order valence-electron chi connectivity index (χ0n) is 13.8. The zero-order valence-corrected chi connectivity index (χ0v) is 13.8. The fourth-order valence-electron chi connectivity index (χ4n) is 2.47. The number of aromatic nitrogens is 2. The second kappa shape index (κ2) is 7.20. The molecule has 3 N–H and O–H groups in total. The van der Waals surface area contributed by atoms with E-state index in [0.717, 1.165) is 22.9 Å². The van der Waals surface area contributed by atoms with E-state index in [1.54, 1.807) is 13.8 Å². The van der Waals surface area contributed by atoms with E-state index in [2.05, 4.69) is 12.3 Å². The van der Waals surface area contributed by atoms with E-state index in [9.17, 15) is 24.6 Å². The van der Waals surface area contributed by atoms with Crippen molar-refractivity contribution < 1.29 is 24.5 Å². The van der Waals surface area contributed by atoms with Gasteiger partial charge in [-0.3, -0.25) is 19.1 Å². The number of aliphatic hydroxyl groups excluding tert-OH is 1. The lowest BCUT2D eigenvalue weighted by atomic mass is 9.94. The molecule has 1 aliphatic rings. The van der Waals surface area contributed by atoms with Crippen LogP contribution in [-0.2, 0) is 14.3 Å². The average molecular weight is 352 g/mol. The third kappa shape index (κ3) is 3.64. The van der Waals surface area contributed by atoms with Gasteiger partial charge in [0.15, 0.2) is 11.8 Å². The Morgan fingerprint density at radius 1 is 1.60 bits per heavy atom. The lowest BCUT2D eigenvalue weighted by Crippen LogP contribution is -2.47. The lowest BCUT2D eigenvalue weighted by molar-refractivity contribution is -0.153. The largest absolute Gasteiger partial charge is 0.463 e. The molecular formula is C16H20N2O7. The van der Waals surface area contributed by atoms with Crippen LogP contribution in [0.3, 0.4) is 0 Å². The van der Waals surface area contributed by atoms with E-state index in [-0.39, 0.29) is 12.5 Å². The van der Waals surface area contributed by atoms with Crippen molar-refractivity contribution in [2.45, 2.75) is 37.9 Å². The summed E-state index contributed by atoms with van der Waals surface area (Å²) in [6, 6.07) is 1.07. The van der Waals surface area contributed by atoms with Gasteiger partial charge in [-0.2, -0.15) is 0 Å². The van der Waals surface area contributed by atoms with Gasteiger partial charge in [-0.1, -0.05) is 20.4 Å². The number of H-pyrrole nitrogens is 1. The fourth-order valence-corrected chi connectivity index (χ4v) is 2.47. The molecule has 2 rings (SSSR count). The van der Waals surface area contributed by atoms with Gasteiger partial charge < -0.3 is 19.7 Å². The van der Waals surface area contributed by atoms with Gasteiger partial charge in [0.05, 0.1) is 5.92 Å². The van der Waals surface area contributed by atoms with Crippen LogP contribution in [0.15, 0.2) is 40.2 Å². The zero-order chi connectivity index (χ0) is 18.8. The normalized spacial score (nSPS) is 28.6. The van der Waals surface area contributed by atoms with Crippen molar-refractivity contribution >= 4 is 5.97 Å². The highest BCUT2D eigenvalue weighted by atomic mass is 16.6. The van der Waals surface area contributed by atoms with Crippen molar-refractivity contribution in [3.05, 3.63) is 51.5 Å². The number of aliphatic hydroxyl groups is 2. The van der Waals surface area contributed by atoms with Crippen LogP contribution in [0.4, 0.5) is 0 Å². The van der Waals surface area contributed by atoms with Crippen LogP contribution in [0.25, 0.3) is 0 Å². The molecule has 0 radical (unpaired) electrons. The molecule has 0 unspecified atom stereocenters. The molecule has 0 bridgehead atoms. The van der Waals surface area contributed by atoms with Gasteiger partial charge >= 0.3 is 11.7 Å². The van der Waals surface area contributed by atoms with E-state index >= 15 is 0 Å². The molecule has 25 heavy (non-hydrogen) atoms. The summed E-state index contributed by atoms with van der Waals surface area (Å²) in [7, 11) is 0. The molecule has 0 aromatic carbocycles. The average Bonchev–Trinajstić information content (AvgIpc) is 2.77. The van der Waals surface area contributed by atoms with Crippen molar-refractivity contribution in [2.75, 3.05) is 6.61 Å². The number of esters is 1. The molecule has 9 heteroatoms. The van der Waals surface area contributed by atoms with Crippen molar-refractivity contribution in [2.24, 2.45) is 5.92 Å². The summed E-state index contributed by atoms with van der Waals surface area (Å²) in [5, 5.41) is 21.2. The van der Waals surface area contributed by atoms with Gasteiger partial charge in [0.25, 0.3) is 5.56 Å². The highest BCUT2D eigenvalue weighted by molar-refractivity contribution is 5.71. The van der Waals surface area contributed by atoms with Crippen molar-refractivity contribution in [1.29, 1.82) is 0 Å². The van der Waals surface area contributed by atoms with Gasteiger partial charge in [0.1, 0.15) is 18.8 Å². The highest BCUT2D eigenvalue weighted by Gasteiger charge is 2.55. The summed E-state index contributed by atoms with van der Waals surface area (Å²) in [5.74, 6) is -0.869. The number of carbonyl (C=O) groups is 1. The Labute approximate surface area is 142 Å². The molecule has 1 aromatic rings. The van der Waals surface area contributed by atoms with Crippen LogP contribution >= 0.6 is 0 Å². The van der Waals surface area contributed by atoms with E-state index in [1.165, 1.54) is 0 Å². The number of ether oxygens (including phenoxy) is 2. The number of carbonyl (C=O) groups excluding carboxylic acids is 1. The van der Waals surface area contributed by atoms with Crippen molar-refractivity contribution in [3.8, 4) is 0 Å². The van der Waals surface area contributed by atoms with Crippen molar-refractivity contribution in [1.82, 2.24) is 9.55 Å². The molecule has 1 fully saturated rings. The third-order valence-corrected chi connectivity index (χ3v) is 3.82. The number of hydrogen-bond donors (Lipinski definition) is 3. The quantitative estimate of drug-likeness (QED) is 0.461. The van der Waals surface area contributed by atoms with Crippen LogP contribution in [-0.4, -0.2) is 50.1 Å². The topological polar surface area (TPSA) is 131 Å². The number of aromatic amines is 1. The highest BCUT2D eigenvalue weighted by Crippen LogP contribution is 2.38. The van der Waals surface area contributed by atoms with Crippen molar-refractivity contribution in [3.63, 3.8) is 0 Å². The first-order valence-corrected chi connectivity index (χ1v) is 7.61. The van der Waals surface area contributed by atoms with Gasteiger partial charge in [-0.25, -0.2) is 4.79 Å². The Hall–Kier alpha value is -2.45. The molecule has 0 aliphatic carbocycles. The molecule has 136 valence electrons. The number of nitrogens with zero attached hydrogens (tertiary/aromatic N) is 1. The maximum Gasteiger partial charge on any atom is 0.330 e. The van der Waals surface area contributed by atoms with Crippen LogP contribution < -0.4 is 11.2 Å². The number of hydrogen-bond acceptors (Lipinski definition) is 7. The van der Waals surface area contributed by atoms with Crippen LogP contribution in [0, 0.1) is 5.92 Å². The molecule has 1 saturated heterocycles. The monoisotopic (exact) mass is 352 g/mol. The predicted octanol–water partition coefficient (Wildman–Crippen LogP) is -0.934. The standard InChI is InChI=1S/C16H20N2O7/c1-4-6-16(23)12(20)10(8-24-13(21)9(2)3)25-14(16)18-7-5-11(19)17-15(18)22/h5-7,9-10,12,14,20,23H,1,8H2,2-3H3,(H,17,19,22)/t10-,12-,14-,16-/m1/s1. The molecule has 2 heterocycles. The first-order chi connectivity index (χ1) is 11.7. The Morgan fingerprint density at radius 3 is 2.84 bits per heavy atom. The third-order valence-electron chi connectivity index (χ3n) is 3.82. The molecule has 4 atom stereocenters. The minimum absolute atomic E-state index is 0.319. The summed E-state index contributed by atoms with van der Waals surface area (Å²) in [5.41, 5.74) is -1.16. The Kier molecular flexibility index (Phi) is 5.44. The SMILES string of the molecule is C=C=C[C@@]1(O)[C@H](O)[C@@H](COC(=O)C(C)C)O[C@H]1n1ccc(=O)[nH]c1=O. The van der Waals surface area contributed by atoms with E-state index < -0.39 is 41.3 Å². The van der Waals surface area contributed by atoms with Crippen LogP contribution in [0.2, 0.25) is 0 Å². The maximum absolute atomic E-state index is 12.0. The molecule has 1 aliphatic heterocycles. The minimum Gasteiger partial charge on any atom is -0.463 e. The summed E-state index contributed by atoms with van der Waals surface area (Å²) in [6.45, 7) is 6.33. The first-order valence-electron chi connectivity index (χ1n) is 7.61. The molecule has 0 saturated carbocycles. The summed E-state index contributed by atoms with van der Waals surface area (Å²) < 4.78 is 11.5. The van der Waals surface area contributed by atoms with E-state index in [4.69, 9.17) is 9.47 Å². The van der Waals surface area contributed by atoms with Crippen LogP contribution in [0.1, 0.15) is 20.1 Å². The second-order valence-corrected chi connectivity index (χ2v) is 6.01. The fraction of sp³-hybridized carbons (Fsp3) is 0.500. The smallest absolute Gasteiger partial charge is 0.330 e. The summed E-state index contributed by atoms with van der Waals surface area (Å²) in [4.78, 5) is 36.8. The van der Waals surface area contributed by atoms with E-state index in [1.807, 2.05) is 4.98 Å². The molecule has 9 nitrogen and oxygen atoms in total. The van der Waals surface area contributed by atoms with Gasteiger partial charge in [-0.15, -0.1) is 5.73 Å². The molecular weight excluding hydrogens is 332 g/mol. The van der Waals surface area contributed by atoms with Gasteiger partial charge in [-0.05, 0) is 6.08 Å². The first kappa shape index (κ1) is 18.9. The summed E-state index contributed by atoms with van der Waals surface area (Å²) >= 11 is 0. The molecule has 0 spiro atoms. The Bertz CT molecular complexity index is 805. The van der Waals surface area contributed by atoms with E-state index in [0.29, 0.717) is 0 Å². The molecule has 1 aromatic heterocycles. The van der Waals surface area contributed by atoms with Gasteiger partial charge in [0.2, 0.25) is 0 Å².